The summed E-state index contributed by atoms with van der Waals surface area (Å²) in [5.41, 5.74) is 5.85. The zero-order chi connectivity index (χ0) is 16.4. The zero-order valence-corrected chi connectivity index (χ0v) is 17.4. The molecule has 0 saturated carbocycles. The highest BCUT2D eigenvalue weighted by atomic mass is 28.5. The van der Waals surface area contributed by atoms with Crippen molar-refractivity contribution in [1.29, 1.82) is 0 Å². The minimum Gasteiger partial charge on any atom is -0.473 e. The largest absolute Gasteiger partial charge is 0.543 e. The molecule has 0 aliphatic heterocycles. The van der Waals surface area contributed by atoms with Crippen LogP contribution in [0.1, 0.15) is 13.8 Å². The van der Waals surface area contributed by atoms with Gasteiger partial charge in [0.25, 0.3) is 0 Å². The van der Waals surface area contributed by atoms with Gasteiger partial charge in [-0.3, -0.25) is 4.79 Å². The maximum absolute atomic E-state index is 12.1. The number of carbonyl (C=O) groups is 1. The number of rotatable bonds is 7. The molecule has 0 aromatic heterocycles. The summed E-state index contributed by atoms with van der Waals surface area (Å²) in [4.78, 5) is 12.1. The van der Waals surface area contributed by atoms with E-state index in [2.05, 4.69) is 39.3 Å². The first-order valence-corrected chi connectivity index (χ1v) is 16.1. The summed E-state index contributed by atoms with van der Waals surface area (Å²) < 4.78 is 17.8. The molecule has 0 aliphatic rings. The van der Waals surface area contributed by atoms with Crippen molar-refractivity contribution in [2.75, 3.05) is 0 Å². The van der Waals surface area contributed by atoms with Crippen LogP contribution < -0.4 is 5.73 Å². The lowest BCUT2D eigenvalue weighted by atomic mass is 10.1. The molecule has 0 aromatic carbocycles. The summed E-state index contributed by atoms with van der Waals surface area (Å²) in [6.07, 6.45) is 0. The normalized spacial score (nSPS) is 15.3. The number of hydrogen-bond acceptors (Lipinski definition) is 5. The zero-order valence-electron chi connectivity index (χ0n) is 14.4. The quantitative estimate of drug-likeness (QED) is 0.723. The second-order valence-corrected chi connectivity index (χ2v) is 19.5. The van der Waals surface area contributed by atoms with Gasteiger partial charge >= 0.3 is 14.8 Å². The maximum atomic E-state index is 12.1. The molecule has 0 bridgehead atoms. The molecule has 0 unspecified atom stereocenters. The monoisotopic (exact) mass is 337 g/mol. The van der Waals surface area contributed by atoms with E-state index in [1.54, 1.807) is 6.55 Å². The van der Waals surface area contributed by atoms with Crippen molar-refractivity contribution < 1.29 is 17.5 Å². The molecule has 2 N–H and O–H groups in total. The predicted molar refractivity (Wildman–Crippen MR) is 89.4 cm³/mol. The molecule has 0 spiro atoms. The molecule has 0 aromatic rings. The van der Waals surface area contributed by atoms with Crippen LogP contribution in [0.5, 0.6) is 0 Å². The van der Waals surface area contributed by atoms with Crippen LogP contribution >= 0.6 is 0 Å². The van der Waals surface area contributed by atoms with Gasteiger partial charge in [0, 0.05) is 6.55 Å². The van der Waals surface area contributed by atoms with Gasteiger partial charge < -0.3 is 18.4 Å². The number of carbonyl (C=O) groups excluding carboxylic acids is 1. The van der Waals surface area contributed by atoms with E-state index < -0.39 is 37.5 Å². The average molecular weight is 338 g/mol. The Morgan fingerprint density at radius 2 is 1.25 bits per heavy atom. The Morgan fingerprint density at radius 1 is 0.900 bits per heavy atom. The number of nitrogens with two attached hydrogens (primary N) is 1. The molecule has 5 nitrogen and oxygen atoms in total. The fourth-order valence-corrected chi connectivity index (χ4v) is 12.0. The highest BCUT2D eigenvalue weighted by Gasteiger charge is 2.47. The Hall–Kier alpha value is 0.000649. The SMILES string of the molecule is CC(C)[C@H](N)C(=O)O[Si](C)(O[Si](C)(C)C)O[Si](C)(C)C. The van der Waals surface area contributed by atoms with Crippen molar-refractivity contribution in [2.24, 2.45) is 11.7 Å². The smallest absolute Gasteiger partial charge is 0.473 e. The summed E-state index contributed by atoms with van der Waals surface area (Å²) >= 11 is 0. The summed E-state index contributed by atoms with van der Waals surface area (Å²) in [5, 5.41) is 0. The molecule has 0 amide bonds. The van der Waals surface area contributed by atoms with Gasteiger partial charge in [-0.05, 0) is 45.2 Å². The van der Waals surface area contributed by atoms with Crippen LogP contribution in [0, 0.1) is 5.92 Å². The summed E-state index contributed by atoms with van der Waals surface area (Å²) in [7, 11) is -6.76. The molecule has 120 valence electrons. The third kappa shape index (κ3) is 8.32. The van der Waals surface area contributed by atoms with Crippen LogP contribution in [0.3, 0.4) is 0 Å². The molecule has 0 rings (SSSR count). The van der Waals surface area contributed by atoms with Crippen LogP contribution in [0.15, 0.2) is 0 Å². The molecule has 0 fully saturated rings. The van der Waals surface area contributed by atoms with Gasteiger partial charge in [-0.25, -0.2) is 0 Å². The van der Waals surface area contributed by atoms with Crippen LogP contribution in [-0.2, 0) is 17.5 Å². The molecular weight excluding hydrogens is 306 g/mol. The van der Waals surface area contributed by atoms with E-state index >= 15 is 0 Å². The minimum atomic E-state index is -3.00. The molecular formula is C12H31NO4Si3. The fraction of sp³-hybridized carbons (Fsp3) is 0.917. The van der Waals surface area contributed by atoms with Crippen molar-refractivity contribution in [3.05, 3.63) is 0 Å². The van der Waals surface area contributed by atoms with E-state index in [-0.39, 0.29) is 5.92 Å². The molecule has 8 heteroatoms. The Balaban J connectivity index is 5.09. The van der Waals surface area contributed by atoms with E-state index in [9.17, 15) is 4.79 Å². The second kappa shape index (κ2) is 6.84. The van der Waals surface area contributed by atoms with Gasteiger partial charge in [0.1, 0.15) is 6.04 Å². The Morgan fingerprint density at radius 3 is 1.50 bits per heavy atom. The van der Waals surface area contributed by atoms with Gasteiger partial charge in [-0.1, -0.05) is 13.8 Å². The topological polar surface area (TPSA) is 70.8 Å². The van der Waals surface area contributed by atoms with Gasteiger partial charge in [-0.15, -0.1) is 0 Å². The van der Waals surface area contributed by atoms with Crippen LogP contribution in [0.2, 0.25) is 45.8 Å². The van der Waals surface area contributed by atoms with E-state index in [1.807, 2.05) is 13.8 Å². The molecule has 0 aliphatic carbocycles. The van der Waals surface area contributed by atoms with Crippen molar-refractivity contribution in [3.63, 3.8) is 0 Å². The van der Waals surface area contributed by atoms with Crippen molar-refractivity contribution in [1.82, 2.24) is 0 Å². The fourth-order valence-electron chi connectivity index (χ4n) is 1.70. The first-order chi connectivity index (χ1) is 8.65. The van der Waals surface area contributed by atoms with Crippen molar-refractivity contribution in [2.45, 2.75) is 65.7 Å². The van der Waals surface area contributed by atoms with E-state index in [0.717, 1.165) is 0 Å². The minimum absolute atomic E-state index is 0.0273. The predicted octanol–water partition coefficient (Wildman–Crippen LogP) is 2.78. The third-order valence-corrected chi connectivity index (χ3v) is 10.7. The highest BCUT2D eigenvalue weighted by Crippen LogP contribution is 2.22. The molecule has 1 atom stereocenters. The summed E-state index contributed by atoms with van der Waals surface area (Å²) in [6, 6.07) is -0.641. The van der Waals surface area contributed by atoms with Gasteiger partial charge in [0.15, 0.2) is 16.6 Å². The lowest BCUT2D eigenvalue weighted by molar-refractivity contribution is -0.140. The van der Waals surface area contributed by atoms with Crippen molar-refractivity contribution in [3.8, 4) is 0 Å². The van der Waals surface area contributed by atoms with E-state index in [1.165, 1.54) is 0 Å². The molecule has 0 radical (unpaired) electrons. The van der Waals surface area contributed by atoms with Gasteiger partial charge in [0.2, 0.25) is 0 Å². The molecule has 0 saturated heterocycles. The summed E-state index contributed by atoms with van der Waals surface area (Å²) in [6.45, 7) is 17.9. The van der Waals surface area contributed by atoms with Gasteiger partial charge in [-0.2, -0.15) is 0 Å². The summed E-state index contributed by atoms with van der Waals surface area (Å²) in [5.74, 6) is -0.398. The van der Waals surface area contributed by atoms with E-state index in [4.69, 9.17) is 18.4 Å². The van der Waals surface area contributed by atoms with E-state index in [0.29, 0.717) is 0 Å². The number of hydrogen-bond donors (Lipinski definition) is 1. The Labute approximate surface area is 126 Å². The Kier molecular flexibility index (Phi) is 6.84. The first-order valence-electron chi connectivity index (χ1n) is 7.04. The lowest BCUT2D eigenvalue weighted by Crippen LogP contribution is -2.57. The van der Waals surface area contributed by atoms with Crippen LogP contribution in [0.4, 0.5) is 0 Å². The third-order valence-electron chi connectivity index (χ3n) is 2.26. The van der Waals surface area contributed by atoms with Crippen LogP contribution in [-0.4, -0.2) is 37.5 Å². The second-order valence-electron chi connectivity index (χ2n) is 7.48. The van der Waals surface area contributed by atoms with Gasteiger partial charge in [0.05, 0.1) is 0 Å². The van der Waals surface area contributed by atoms with Crippen LogP contribution in [0.25, 0.3) is 0 Å². The molecule has 20 heavy (non-hydrogen) atoms. The van der Waals surface area contributed by atoms with Crippen molar-refractivity contribution >= 4 is 31.4 Å². The Bertz CT molecular complexity index is 321. The average Bonchev–Trinajstić information content (AvgIpc) is 2.08. The first kappa shape index (κ1) is 20.0. The maximum Gasteiger partial charge on any atom is 0.543 e. The standard InChI is InChI=1S/C12H31NO4Si3/c1-10(2)11(13)12(14)15-20(9,16-18(3,4)5)17-19(6,7)8/h10-11H,13H2,1-9H3/t11-/m0/s1. The highest BCUT2D eigenvalue weighted by molar-refractivity contribution is 6.85. The lowest BCUT2D eigenvalue weighted by Gasteiger charge is -2.37. The molecule has 0 heterocycles.